The number of pyridine rings is 2. The van der Waals surface area contributed by atoms with E-state index in [1.165, 1.54) is 48.5 Å². The first-order chi connectivity index (χ1) is 57.0. The fourth-order valence-corrected chi connectivity index (χ4v) is 15.8. The number of aromatic amines is 3. The van der Waals surface area contributed by atoms with Crippen LogP contribution in [0.15, 0.2) is 259 Å². The second-order valence-electron chi connectivity index (χ2n) is 29.2. The molecule has 9 N–H and O–H groups in total. The average Bonchev–Trinajstić information content (AvgIpc) is 0.947. The molecule has 118 heavy (non-hydrogen) atoms. The van der Waals surface area contributed by atoms with Crippen LogP contribution in [0.5, 0.6) is 0 Å². The van der Waals surface area contributed by atoms with Crippen molar-refractivity contribution in [3.05, 3.63) is 353 Å². The lowest BCUT2D eigenvalue weighted by atomic mass is 9.85. The van der Waals surface area contributed by atoms with Gasteiger partial charge in [0.1, 0.15) is 17.5 Å². The molecular formula is C93H78Cl2F3N11O9. The average molecular weight is 1620 g/mol. The number of hydrogen-bond acceptors (Lipinski definition) is 11. The molecule has 25 heteroatoms. The van der Waals surface area contributed by atoms with E-state index < -0.39 is 53.3 Å². The Balaban J connectivity index is 0.000000146. The largest absolute Gasteiger partial charge is 0.361 e. The lowest BCUT2D eigenvalue weighted by Crippen LogP contribution is -2.37. The summed E-state index contributed by atoms with van der Waals surface area (Å²) in [6.45, 7) is 5.71. The van der Waals surface area contributed by atoms with Crippen molar-refractivity contribution >= 4 is 119 Å². The number of halogens is 5. The molecule has 0 saturated carbocycles. The third-order valence-electron chi connectivity index (χ3n) is 21.1. The number of carbonyl (C=O) groups is 9. The zero-order chi connectivity index (χ0) is 82.8. The van der Waals surface area contributed by atoms with Crippen LogP contribution in [0.3, 0.4) is 0 Å². The molecular weight excluding hydrogens is 1540 g/mol. The number of amides is 6. The number of nitrogens with zero attached hydrogens (tertiary/aromatic N) is 2. The number of H-pyrrole nitrogens is 3. The van der Waals surface area contributed by atoms with E-state index in [4.69, 9.17) is 23.2 Å². The van der Waals surface area contributed by atoms with Crippen LogP contribution in [0, 0.1) is 17.5 Å². The van der Waals surface area contributed by atoms with E-state index in [-0.39, 0.29) is 103 Å². The molecule has 0 saturated heterocycles. The first-order valence-electron chi connectivity index (χ1n) is 38.1. The second kappa shape index (κ2) is 36.0. The lowest BCUT2D eigenvalue weighted by molar-refractivity contribution is -0.123. The van der Waals surface area contributed by atoms with E-state index in [0.717, 1.165) is 71.8 Å². The molecule has 20 nitrogen and oxygen atoms in total. The van der Waals surface area contributed by atoms with Crippen molar-refractivity contribution in [1.82, 2.24) is 56.8 Å². The van der Waals surface area contributed by atoms with Crippen LogP contribution in [-0.2, 0) is 67.5 Å². The van der Waals surface area contributed by atoms with Gasteiger partial charge in [-0.25, -0.2) is 13.2 Å². The molecule has 5 aromatic heterocycles. The van der Waals surface area contributed by atoms with Gasteiger partial charge in [0.15, 0.2) is 17.3 Å². The summed E-state index contributed by atoms with van der Waals surface area (Å²) in [5.41, 5.74) is 11.8. The minimum Gasteiger partial charge on any atom is -0.361 e. The van der Waals surface area contributed by atoms with Gasteiger partial charge >= 0.3 is 0 Å². The van der Waals surface area contributed by atoms with Crippen molar-refractivity contribution in [2.75, 3.05) is 6.54 Å². The Bertz CT molecular complexity index is 6260. The van der Waals surface area contributed by atoms with E-state index in [0.29, 0.717) is 84.4 Å². The molecule has 3 unspecified atom stereocenters. The molecule has 8 heterocycles. The molecule has 8 aromatic carbocycles. The number of ketones is 3. The van der Waals surface area contributed by atoms with Gasteiger partial charge in [0, 0.05) is 143 Å². The Morgan fingerprint density at radius 2 is 0.814 bits per heavy atom. The van der Waals surface area contributed by atoms with Gasteiger partial charge in [0.2, 0.25) is 17.7 Å². The third-order valence-corrected chi connectivity index (χ3v) is 21.8. The summed E-state index contributed by atoms with van der Waals surface area (Å²) in [6.07, 6.45) is 11.8. The van der Waals surface area contributed by atoms with Gasteiger partial charge in [0.25, 0.3) is 17.7 Å². The molecule has 0 radical (unpaired) electrons. The number of hydrogen-bond donors (Lipinski definition) is 9. The number of benzene rings is 8. The summed E-state index contributed by atoms with van der Waals surface area (Å²) in [6, 6.07) is 51.2. The molecule has 3 aliphatic rings. The molecule has 594 valence electrons. The molecule has 3 aliphatic heterocycles. The van der Waals surface area contributed by atoms with Crippen LogP contribution < -0.4 is 31.9 Å². The molecule has 0 bridgehead atoms. The highest BCUT2D eigenvalue weighted by atomic mass is 35.5. The Labute approximate surface area is 685 Å². The van der Waals surface area contributed by atoms with E-state index >= 15 is 0 Å². The molecule has 0 spiro atoms. The maximum absolute atomic E-state index is 14.9. The molecule has 0 aliphatic carbocycles. The van der Waals surface area contributed by atoms with E-state index in [9.17, 15) is 56.3 Å². The smallest absolute Gasteiger partial charge is 0.254 e. The fraction of sp³-hybridized carbons (Fsp3) is 0.172. The maximum Gasteiger partial charge on any atom is 0.254 e. The van der Waals surface area contributed by atoms with Crippen molar-refractivity contribution in [3.63, 3.8) is 0 Å². The van der Waals surface area contributed by atoms with Crippen molar-refractivity contribution in [2.45, 2.75) is 96.9 Å². The fourth-order valence-electron chi connectivity index (χ4n) is 15.2. The first-order valence-corrected chi connectivity index (χ1v) is 38.8. The number of nitrogens with one attached hydrogen (secondary N) is 9. The molecule has 16 rings (SSSR count). The Hall–Kier alpha value is -13.6. The van der Waals surface area contributed by atoms with Gasteiger partial charge < -0.3 is 46.9 Å². The lowest BCUT2D eigenvalue weighted by Gasteiger charge is -2.28. The normalized spacial score (nSPS) is 15.4. The number of carbonyl (C=O) groups excluding carboxylic acids is 9. The molecule has 6 amide bonds. The zero-order valence-electron chi connectivity index (χ0n) is 64.1. The molecule has 13 aromatic rings. The van der Waals surface area contributed by atoms with E-state index in [1.54, 1.807) is 57.6 Å². The summed E-state index contributed by atoms with van der Waals surface area (Å²) in [5, 5.41) is 22.4. The number of rotatable bonds is 22. The number of fused-ring (bicyclic) bond motifs is 4. The van der Waals surface area contributed by atoms with Gasteiger partial charge in [-0.15, -0.1) is 0 Å². The number of aromatic nitrogens is 5. The van der Waals surface area contributed by atoms with Crippen LogP contribution >= 0.6 is 23.2 Å². The topological polar surface area (TPSA) is 299 Å². The standard InChI is InChI=1S/C33H27FN4O3.C30H24Cl2FN3O3.C30H27FN4O3/c1-19-14-30(40)38-32(31(19)29(39)16-20-6-9-27-22(15-20)11-13-35-27)23-7-8-26(34)25(17-23)33(41)37-18-28-24-5-3-2-4-21(24)10-12-36-28;1-16-11-27(38)36-29(28(16)26(37)13-17-5-8-25-18(12-17)9-10-34-25)19-6-7-24(33)20(14-19)30(39)35-15-21-22(31)3-2-4-23(21)32;1-18-14-27(37)35-29(28(18)26(36)16-20-2-5-25-21(15-20)9-13-33-25)22-3-4-24(31)23(17-22)30(38)34-12-8-19-6-10-32-11-7-19/h2-13,15,17,32,35H,14,16,18H2,1H3,(H,37,41)(H,38,40);2-10,12,14,29,34H,11,13,15H2,1H3,(H,35,39)(H,36,38);2-7,9-11,13,15,17,29,33H,8,12,14,16H2,1H3,(H,34,38)(H,35,37). The summed E-state index contributed by atoms with van der Waals surface area (Å²) >= 11 is 12.4. The van der Waals surface area contributed by atoms with Gasteiger partial charge in [-0.3, -0.25) is 53.1 Å². The van der Waals surface area contributed by atoms with Crippen molar-refractivity contribution in [1.29, 1.82) is 0 Å². The minimum atomic E-state index is -0.820. The maximum atomic E-state index is 14.9. The van der Waals surface area contributed by atoms with E-state index in [2.05, 4.69) is 56.8 Å². The van der Waals surface area contributed by atoms with Crippen molar-refractivity contribution in [2.24, 2.45) is 0 Å². The van der Waals surface area contributed by atoms with Gasteiger partial charge in [0.05, 0.1) is 47.1 Å². The predicted molar refractivity (Wildman–Crippen MR) is 446 cm³/mol. The summed E-state index contributed by atoms with van der Waals surface area (Å²) in [5.74, 6) is -5.13. The first kappa shape index (κ1) is 80.9. The predicted octanol–water partition coefficient (Wildman–Crippen LogP) is 16.1. The molecule has 3 atom stereocenters. The minimum absolute atomic E-state index is 0.00456. The quantitative estimate of drug-likeness (QED) is 0.0307. The van der Waals surface area contributed by atoms with Gasteiger partial charge in [-0.1, -0.05) is 107 Å². The Morgan fingerprint density at radius 3 is 1.24 bits per heavy atom. The Kier molecular flexibility index (Phi) is 24.7. The van der Waals surface area contributed by atoms with E-state index in [1.807, 2.05) is 134 Å². The number of Topliss-reactive ketones (excluding diaryl/α,β-unsaturated/α-hetero) is 3. The summed E-state index contributed by atoms with van der Waals surface area (Å²) in [7, 11) is 0. The van der Waals surface area contributed by atoms with Crippen LogP contribution in [-0.4, -0.2) is 84.3 Å². The van der Waals surface area contributed by atoms with Gasteiger partial charge in [-0.05, 0) is 209 Å². The monoisotopic (exact) mass is 1620 g/mol. The summed E-state index contributed by atoms with van der Waals surface area (Å²) in [4.78, 5) is 135. The van der Waals surface area contributed by atoms with Crippen LogP contribution in [0.1, 0.15) is 139 Å². The zero-order valence-corrected chi connectivity index (χ0v) is 65.6. The highest BCUT2D eigenvalue weighted by Crippen LogP contribution is 2.37. The second-order valence-corrected chi connectivity index (χ2v) is 30.0. The van der Waals surface area contributed by atoms with Gasteiger partial charge in [-0.2, -0.15) is 0 Å². The SMILES string of the molecule is CC1=C(C(=O)Cc2ccc3[nH]ccc3c2)C(c2ccc(F)c(C(=O)NCCc3ccncc3)c2)NC(=O)C1.CC1=C(C(=O)Cc2ccc3[nH]ccc3c2)C(c2ccc(F)c(C(=O)NCc3c(Cl)cccc3Cl)c2)NC(=O)C1.CC1=C(C(=O)Cc2ccc3[nH]ccc3c2)C(c2ccc(F)c(C(=O)NCc3nccc4ccccc34)c2)NC(=O)C1. The highest BCUT2D eigenvalue weighted by molar-refractivity contribution is 6.36. The summed E-state index contributed by atoms with van der Waals surface area (Å²) < 4.78 is 44.4. The van der Waals surface area contributed by atoms with Crippen LogP contribution in [0.4, 0.5) is 13.2 Å². The Morgan fingerprint density at radius 1 is 0.415 bits per heavy atom. The highest BCUT2D eigenvalue weighted by Gasteiger charge is 2.36. The molecule has 0 fully saturated rings. The van der Waals surface area contributed by atoms with Crippen LogP contribution in [0.25, 0.3) is 43.5 Å². The third kappa shape index (κ3) is 18.7. The van der Waals surface area contributed by atoms with Crippen molar-refractivity contribution < 1.29 is 56.3 Å². The van der Waals surface area contributed by atoms with Crippen molar-refractivity contribution in [3.8, 4) is 0 Å². The van der Waals surface area contributed by atoms with Crippen LogP contribution in [0.2, 0.25) is 10.0 Å².